The number of esters is 2. The summed E-state index contributed by atoms with van der Waals surface area (Å²) < 4.78 is 10.5. The molecule has 0 aliphatic heterocycles. The van der Waals surface area contributed by atoms with Crippen LogP contribution in [0.15, 0.2) is 60.7 Å². The third-order valence-corrected chi connectivity index (χ3v) is 5.14. The fraction of sp³-hybridized carbons (Fsp3) is 0.182. The molecule has 0 radical (unpaired) electrons. The van der Waals surface area contributed by atoms with Gasteiger partial charge in [0.15, 0.2) is 0 Å². The van der Waals surface area contributed by atoms with E-state index in [0.29, 0.717) is 19.3 Å². The van der Waals surface area contributed by atoms with Crippen LogP contribution in [-0.4, -0.2) is 30.1 Å². The van der Waals surface area contributed by atoms with Crippen molar-refractivity contribution in [1.29, 1.82) is 0 Å². The molecule has 1 aromatic heterocycles. The number of aromatic nitrogens is 1. The van der Waals surface area contributed by atoms with E-state index in [1.54, 1.807) is 13.8 Å². The zero-order valence-electron chi connectivity index (χ0n) is 15.7. The van der Waals surface area contributed by atoms with E-state index in [0.717, 1.165) is 11.1 Å². The number of carbonyl (C=O) groups excluding carboxylic acids is 2. The molecule has 0 aliphatic carbocycles. The largest absolute Gasteiger partial charge is 0.462 e. The van der Waals surface area contributed by atoms with Crippen LogP contribution in [0.5, 0.6) is 0 Å². The first kappa shape index (κ1) is 19.7. The molecule has 6 heteroatoms. The average Bonchev–Trinajstić information content (AvgIpc) is 2.74. The highest BCUT2D eigenvalue weighted by Crippen LogP contribution is 2.37. The number of rotatable bonds is 6. The molecule has 142 valence electrons. The highest BCUT2D eigenvalue weighted by molar-refractivity contribution is 7.36. The smallest absolute Gasteiger partial charge is 0.343 e. The topological polar surface area (TPSA) is 65.5 Å². The van der Waals surface area contributed by atoms with Crippen molar-refractivity contribution in [3.63, 3.8) is 0 Å². The Kier molecular flexibility index (Phi) is 6.51. The normalized spacial score (nSPS) is 10.6. The number of hydrogen-bond acceptors (Lipinski definition) is 5. The summed E-state index contributed by atoms with van der Waals surface area (Å²) in [5, 5.41) is 0.244. The summed E-state index contributed by atoms with van der Waals surface area (Å²) in [4.78, 5) is 30.2. The van der Waals surface area contributed by atoms with Crippen molar-refractivity contribution in [2.24, 2.45) is 0 Å². The molecule has 2 aromatic carbocycles. The maximum Gasteiger partial charge on any atom is 0.343 e. The Hall–Kier alpha value is -3.04. The van der Waals surface area contributed by atoms with Crippen molar-refractivity contribution in [3.05, 3.63) is 71.5 Å². The maximum absolute atomic E-state index is 12.8. The molecule has 28 heavy (non-hydrogen) atoms. The minimum absolute atomic E-state index is 0.160. The van der Waals surface area contributed by atoms with Gasteiger partial charge in [0.05, 0.1) is 24.3 Å². The van der Waals surface area contributed by atoms with E-state index in [4.69, 9.17) is 14.5 Å². The van der Waals surface area contributed by atoms with E-state index in [1.165, 1.54) is 0 Å². The Labute approximate surface area is 165 Å². The standard InChI is InChI=1S/C22H20NO4P/c1-3-26-21(24)17-18(15-11-7-5-8-12-15)23-20(16-13-9-6-10-14-16)28-19(17)22(25)27-4-2/h5-14H,3-4H2,1-2H3. The van der Waals surface area contributed by atoms with Crippen molar-refractivity contribution in [1.82, 2.24) is 4.98 Å². The molecule has 0 saturated heterocycles. The summed E-state index contributed by atoms with van der Waals surface area (Å²) in [5.41, 5.74) is 2.86. The summed E-state index contributed by atoms with van der Waals surface area (Å²) in [6.07, 6.45) is 0. The van der Waals surface area contributed by atoms with Crippen LogP contribution in [0.2, 0.25) is 0 Å². The SMILES string of the molecule is CCOC(=O)c1pc(-c2ccccc2)nc(-c2ccccc2)c1C(=O)OCC. The van der Waals surface area contributed by atoms with Gasteiger partial charge in [0.2, 0.25) is 0 Å². The monoisotopic (exact) mass is 393 g/mol. The Morgan fingerprint density at radius 1 is 0.821 bits per heavy atom. The van der Waals surface area contributed by atoms with Crippen LogP contribution in [0, 0.1) is 0 Å². The molecule has 1 heterocycles. The quantitative estimate of drug-likeness (QED) is 0.528. The number of hydrogen-bond donors (Lipinski definition) is 0. The second-order valence-electron chi connectivity index (χ2n) is 5.79. The Bertz CT molecular complexity index is 975. The van der Waals surface area contributed by atoms with Gasteiger partial charge in [0.25, 0.3) is 0 Å². The van der Waals surface area contributed by atoms with Crippen molar-refractivity contribution < 1.29 is 19.1 Å². The fourth-order valence-electron chi connectivity index (χ4n) is 2.73. The summed E-state index contributed by atoms with van der Waals surface area (Å²) in [5.74, 6) is -1.11. The van der Waals surface area contributed by atoms with Crippen LogP contribution in [0.3, 0.4) is 0 Å². The summed E-state index contributed by atoms with van der Waals surface area (Å²) in [6.45, 7) is 3.87. The van der Waals surface area contributed by atoms with Gasteiger partial charge in [-0.2, -0.15) is 0 Å². The second-order valence-corrected chi connectivity index (χ2v) is 6.89. The van der Waals surface area contributed by atoms with E-state index in [-0.39, 0.29) is 24.1 Å². The second kappa shape index (κ2) is 9.25. The van der Waals surface area contributed by atoms with Gasteiger partial charge < -0.3 is 9.47 Å². The van der Waals surface area contributed by atoms with E-state index >= 15 is 0 Å². The van der Waals surface area contributed by atoms with E-state index < -0.39 is 11.9 Å². The number of carbonyl (C=O) groups is 2. The molecule has 0 spiro atoms. The van der Waals surface area contributed by atoms with Gasteiger partial charge in [-0.05, 0) is 22.0 Å². The Morgan fingerprint density at radius 3 is 1.93 bits per heavy atom. The molecule has 0 atom stereocenters. The third-order valence-electron chi connectivity index (χ3n) is 3.94. The molecule has 3 aromatic rings. The number of ether oxygens (including phenoxy) is 2. The lowest BCUT2D eigenvalue weighted by molar-refractivity contribution is 0.0484. The van der Waals surface area contributed by atoms with Gasteiger partial charge in [-0.1, -0.05) is 60.7 Å². The zero-order valence-corrected chi connectivity index (χ0v) is 16.6. The first-order valence-corrected chi connectivity index (χ1v) is 9.92. The van der Waals surface area contributed by atoms with Gasteiger partial charge in [-0.3, -0.25) is 0 Å². The van der Waals surface area contributed by atoms with Crippen LogP contribution in [0.25, 0.3) is 22.2 Å². The molecule has 0 fully saturated rings. The molecule has 0 N–H and O–H groups in total. The Morgan fingerprint density at radius 2 is 1.36 bits per heavy atom. The number of benzene rings is 2. The lowest BCUT2D eigenvalue weighted by Crippen LogP contribution is -2.15. The molecule has 5 nitrogen and oxygen atoms in total. The Balaban J connectivity index is 2.31. The molecule has 3 rings (SSSR count). The fourth-order valence-corrected chi connectivity index (χ4v) is 3.83. The third kappa shape index (κ3) is 4.26. The van der Waals surface area contributed by atoms with Gasteiger partial charge in [-0.25, -0.2) is 14.6 Å². The highest BCUT2D eigenvalue weighted by atomic mass is 31.0. The van der Waals surface area contributed by atoms with Gasteiger partial charge in [-0.15, -0.1) is 0 Å². The lowest BCUT2D eigenvalue weighted by Gasteiger charge is -2.14. The van der Waals surface area contributed by atoms with Crippen LogP contribution in [0.1, 0.15) is 34.3 Å². The predicted octanol–water partition coefficient (Wildman–Crippen LogP) is 5.35. The maximum atomic E-state index is 12.8. The van der Waals surface area contributed by atoms with Crippen molar-refractivity contribution in [3.8, 4) is 22.2 Å². The van der Waals surface area contributed by atoms with Crippen LogP contribution in [0.4, 0.5) is 0 Å². The highest BCUT2D eigenvalue weighted by Gasteiger charge is 2.27. The lowest BCUT2D eigenvalue weighted by atomic mass is 10.1. The number of nitrogens with zero attached hydrogens (tertiary/aromatic N) is 1. The van der Waals surface area contributed by atoms with Crippen LogP contribution >= 0.6 is 8.19 Å². The van der Waals surface area contributed by atoms with E-state index in [9.17, 15) is 9.59 Å². The van der Waals surface area contributed by atoms with Crippen LogP contribution < -0.4 is 0 Å². The van der Waals surface area contributed by atoms with Crippen molar-refractivity contribution in [2.75, 3.05) is 13.2 Å². The van der Waals surface area contributed by atoms with Crippen molar-refractivity contribution in [2.45, 2.75) is 13.8 Å². The molecule has 0 unspecified atom stereocenters. The van der Waals surface area contributed by atoms with Gasteiger partial charge >= 0.3 is 11.9 Å². The molecule has 0 bridgehead atoms. The minimum Gasteiger partial charge on any atom is -0.462 e. The molecular formula is C22H20NO4P. The molecular weight excluding hydrogens is 373 g/mol. The first-order chi connectivity index (χ1) is 13.7. The van der Waals surface area contributed by atoms with E-state index in [2.05, 4.69) is 0 Å². The molecule has 0 aliphatic rings. The molecule has 0 amide bonds. The first-order valence-electron chi connectivity index (χ1n) is 9.02. The predicted molar refractivity (Wildman–Crippen MR) is 110 cm³/mol. The van der Waals surface area contributed by atoms with Gasteiger partial charge in [0, 0.05) is 11.1 Å². The minimum atomic E-state index is -0.576. The average molecular weight is 393 g/mol. The summed E-state index contributed by atoms with van der Waals surface area (Å²) in [6, 6.07) is 18.9. The van der Waals surface area contributed by atoms with Crippen molar-refractivity contribution >= 4 is 20.1 Å². The van der Waals surface area contributed by atoms with E-state index in [1.807, 2.05) is 60.7 Å². The summed E-state index contributed by atoms with van der Waals surface area (Å²) >= 11 is 0. The summed E-state index contributed by atoms with van der Waals surface area (Å²) in [7, 11) is 0.510. The molecule has 0 saturated carbocycles. The zero-order chi connectivity index (χ0) is 19.9. The van der Waals surface area contributed by atoms with Gasteiger partial charge in [0.1, 0.15) is 10.9 Å². The van der Waals surface area contributed by atoms with Crippen LogP contribution in [-0.2, 0) is 9.47 Å².